The molecule has 1 N–H and O–H groups in total. The average Bonchev–Trinajstić information content (AvgIpc) is 3.56. The van der Waals surface area contributed by atoms with E-state index in [1.807, 2.05) is 57.2 Å². The Morgan fingerprint density at radius 1 is 1.17 bits per heavy atom. The molecule has 0 bridgehead atoms. The van der Waals surface area contributed by atoms with Crippen molar-refractivity contribution < 1.29 is 28.2 Å². The molecule has 7 heteroatoms. The number of benzene rings is 1. The summed E-state index contributed by atoms with van der Waals surface area (Å²) in [6.07, 6.45) is 4.26. The highest BCUT2D eigenvalue weighted by atomic mass is 16.6. The third-order valence-corrected chi connectivity index (χ3v) is 7.01. The maximum atomic E-state index is 13.7. The van der Waals surface area contributed by atoms with Gasteiger partial charge in [0.2, 0.25) is 0 Å². The summed E-state index contributed by atoms with van der Waals surface area (Å²) in [7, 11) is 0. The molecule has 0 saturated carbocycles. The quantitative estimate of drug-likeness (QED) is 0.536. The lowest BCUT2D eigenvalue weighted by Crippen LogP contribution is -2.36. The van der Waals surface area contributed by atoms with Crippen LogP contribution in [0.2, 0.25) is 0 Å². The van der Waals surface area contributed by atoms with Crippen molar-refractivity contribution in [2.24, 2.45) is 0 Å². The molecule has 36 heavy (non-hydrogen) atoms. The largest absolute Gasteiger partial charge is 0.491 e. The predicted molar refractivity (Wildman–Crippen MR) is 133 cm³/mol. The van der Waals surface area contributed by atoms with Crippen LogP contribution in [0.4, 0.5) is 0 Å². The first-order chi connectivity index (χ1) is 17.4. The van der Waals surface area contributed by atoms with Crippen molar-refractivity contribution in [3.8, 4) is 5.75 Å². The second kappa shape index (κ2) is 10.3. The lowest BCUT2D eigenvalue weighted by Gasteiger charge is -2.36. The standard InChI is InChI=1S/C29H33NO6/c1-17(2)36-25-10-5-4-9-21(25)27-26(29(32)35-16-20-8-6-12-33-20)18(3)30-22-14-19(15-23(31)28(22)27)24-11-7-13-34-24/h4-5,7,9-11,13,17,19-20,27,30H,6,8,12,14-16H2,1-3H3/t19-,20-,27+/m1/s1. The van der Waals surface area contributed by atoms with Crippen molar-refractivity contribution in [1.82, 2.24) is 5.32 Å². The van der Waals surface area contributed by atoms with Crippen LogP contribution in [0.25, 0.3) is 0 Å². The zero-order valence-electron chi connectivity index (χ0n) is 21.0. The monoisotopic (exact) mass is 491 g/mol. The highest BCUT2D eigenvalue weighted by Crippen LogP contribution is 2.47. The molecular formula is C29H33NO6. The number of nitrogens with one attached hydrogen (secondary N) is 1. The second-order valence-electron chi connectivity index (χ2n) is 9.97. The maximum Gasteiger partial charge on any atom is 0.336 e. The molecule has 1 aromatic heterocycles. The van der Waals surface area contributed by atoms with Gasteiger partial charge in [0.25, 0.3) is 0 Å². The van der Waals surface area contributed by atoms with Crippen LogP contribution >= 0.6 is 0 Å². The molecule has 1 aromatic carbocycles. The van der Waals surface area contributed by atoms with Gasteiger partial charge in [0.15, 0.2) is 5.78 Å². The molecule has 3 heterocycles. The smallest absolute Gasteiger partial charge is 0.336 e. The van der Waals surface area contributed by atoms with Crippen molar-refractivity contribution >= 4 is 11.8 Å². The minimum atomic E-state index is -0.585. The van der Waals surface area contributed by atoms with Gasteiger partial charge in [-0.3, -0.25) is 4.79 Å². The molecule has 1 fully saturated rings. The number of Topliss-reactive ketones (excluding diaryl/α,β-unsaturated/α-hetero) is 1. The summed E-state index contributed by atoms with van der Waals surface area (Å²) in [6.45, 7) is 6.68. The number of allylic oxidation sites excluding steroid dienone is 3. The summed E-state index contributed by atoms with van der Waals surface area (Å²) in [5.74, 6) is 0.365. The number of ketones is 1. The van der Waals surface area contributed by atoms with Crippen LogP contribution in [-0.2, 0) is 19.1 Å². The molecule has 2 aromatic rings. The molecule has 1 aliphatic carbocycles. The van der Waals surface area contributed by atoms with Crippen LogP contribution in [0.3, 0.4) is 0 Å². The summed E-state index contributed by atoms with van der Waals surface area (Å²) < 4.78 is 23.1. The Bertz CT molecular complexity index is 1190. The predicted octanol–water partition coefficient (Wildman–Crippen LogP) is 5.15. The number of hydrogen-bond donors (Lipinski definition) is 1. The molecule has 3 aliphatic rings. The summed E-state index contributed by atoms with van der Waals surface area (Å²) in [5.41, 5.74) is 3.34. The zero-order valence-corrected chi connectivity index (χ0v) is 21.0. The van der Waals surface area contributed by atoms with Gasteiger partial charge < -0.3 is 23.9 Å². The average molecular weight is 492 g/mol. The Morgan fingerprint density at radius 2 is 2.00 bits per heavy atom. The van der Waals surface area contributed by atoms with Crippen LogP contribution in [0.15, 0.2) is 69.6 Å². The van der Waals surface area contributed by atoms with Crippen LogP contribution in [0, 0.1) is 0 Å². The molecular weight excluding hydrogens is 458 g/mol. The highest BCUT2D eigenvalue weighted by molar-refractivity contribution is 6.04. The van der Waals surface area contributed by atoms with Gasteiger partial charge in [0, 0.05) is 41.5 Å². The second-order valence-corrected chi connectivity index (χ2v) is 9.97. The van der Waals surface area contributed by atoms with E-state index < -0.39 is 11.9 Å². The van der Waals surface area contributed by atoms with Crippen molar-refractivity contribution in [3.05, 3.63) is 76.5 Å². The van der Waals surface area contributed by atoms with E-state index in [1.54, 1.807) is 6.26 Å². The van der Waals surface area contributed by atoms with E-state index in [0.717, 1.165) is 29.9 Å². The summed E-state index contributed by atoms with van der Waals surface area (Å²) in [4.78, 5) is 27.3. The third kappa shape index (κ3) is 4.85. The lowest BCUT2D eigenvalue weighted by molar-refractivity contribution is -0.142. The van der Waals surface area contributed by atoms with Gasteiger partial charge in [-0.1, -0.05) is 18.2 Å². The zero-order chi connectivity index (χ0) is 25.2. The molecule has 7 nitrogen and oxygen atoms in total. The molecule has 0 radical (unpaired) electrons. The number of ether oxygens (including phenoxy) is 3. The van der Waals surface area contributed by atoms with Gasteiger partial charge in [0.1, 0.15) is 18.1 Å². The number of carbonyl (C=O) groups is 2. The SMILES string of the molecule is CC1=C(C(=O)OC[C@H]2CCCO2)[C@H](c2ccccc2OC(C)C)C2=C(C[C@@H](c3ccco3)CC2=O)N1. The molecule has 0 unspecified atom stereocenters. The minimum Gasteiger partial charge on any atom is -0.491 e. The van der Waals surface area contributed by atoms with Crippen LogP contribution in [-0.4, -0.2) is 37.2 Å². The van der Waals surface area contributed by atoms with E-state index in [-0.39, 0.29) is 30.5 Å². The van der Waals surface area contributed by atoms with Gasteiger partial charge in [-0.2, -0.15) is 0 Å². The highest BCUT2D eigenvalue weighted by Gasteiger charge is 2.43. The van der Waals surface area contributed by atoms with Gasteiger partial charge >= 0.3 is 5.97 Å². The Hall–Kier alpha value is -3.32. The van der Waals surface area contributed by atoms with Crippen LogP contribution in [0.5, 0.6) is 5.75 Å². The summed E-state index contributed by atoms with van der Waals surface area (Å²) in [6, 6.07) is 11.4. The van der Waals surface area contributed by atoms with Gasteiger partial charge in [0.05, 0.1) is 30.0 Å². The van der Waals surface area contributed by atoms with Crippen LogP contribution < -0.4 is 10.1 Å². The topological polar surface area (TPSA) is 87.0 Å². The van der Waals surface area contributed by atoms with Crippen molar-refractivity contribution in [2.75, 3.05) is 13.2 Å². The van der Waals surface area contributed by atoms with Gasteiger partial charge in [-0.25, -0.2) is 4.79 Å². The first-order valence-electron chi connectivity index (χ1n) is 12.7. The fourth-order valence-electron chi connectivity index (χ4n) is 5.45. The molecule has 0 spiro atoms. The number of dihydropyridines is 1. The van der Waals surface area contributed by atoms with E-state index in [9.17, 15) is 9.59 Å². The number of carbonyl (C=O) groups excluding carboxylic acids is 2. The van der Waals surface area contributed by atoms with E-state index in [2.05, 4.69) is 5.32 Å². The van der Waals surface area contributed by atoms with Crippen molar-refractivity contribution in [2.45, 2.75) is 70.5 Å². The summed E-state index contributed by atoms with van der Waals surface area (Å²) in [5, 5.41) is 3.38. The number of furan rings is 1. The Kier molecular flexibility index (Phi) is 7.01. The van der Waals surface area contributed by atoms with E-state index >= 15 is 0 Å². The van der Waals surface area contributed by atoms with E-state index in [4.69, 9.17) is 18.6 Å². The van der Waals surface area contributed by atoms with Gasteiger partial charge in [-0.05, 0) is 58.2 Å². The fraction of sp³-hybridized carbons (Fsp3) is 0.448. The van der Waals surface area contributed by atoms with E-state index in [1.165, 1.54) is 0 Å². The lowest BCUT2D eigenvalue weighted by atomic mass is 9.72. The summed E-state index contributed by atoms with van der Waals surface area (Å²) >= 11 is 0. The number of para-hydroxylation sites is 1. The Morgan fingerprint density at radius 3 is 2.72 bits per heavy atom. The first-order valence-corrected chi connectivity index (χ1v) is 12.7. The third-order valence-electron chi connectivity index (χ3n) is 7.01. The molecule has 3 atom stereocenters. The number of rotatable bonds is 7. The molecule has 190 valence electrons. The minimum absolute atomic E-state index is 0.00794. The van der Waals surface area contributed by atoms with E-state index in [0.29, 0.717) is 42.0 Å². The van der Waals surface area contributed by atoms with Crippen LogP contribution in [0.1, 0.15) is 69.6 Å². The molecule has 0 amide bonds. The molecule has 5 rings (SSSR count). The maximum absolute atomic E-state index is 13.7. The first kappa shape index (κ1) is 24.4. The Labute approximate surface area is 211 Å². The van der Waals surface area contributed by atoms with Crippen molar-refractivity contribution in [1.29, 1.82) is 0 Å². The normalized spacial score (nSPS) is 24.1. The Balaban J connectivity index is 1.55. The molecule has 2 aliphatic heterocycles. The number of hydrogen-bond acceptors (Lipinski definition) is 7. The van der Waals surface area contributed by atoms with Gasteiger partial charge in [-0.15, -0.1) is 0 Å². The fourth-order valence-corrected chi connectivity index (χ4v) is 5.45. The molecule has 1 saturated heterocycles. The number of esters is 1. The van der Waals surface area contributed by atoms with Crippen molar-refractivity contribution in [3.63, 3.8) is 0 Å².